The van der Waals surface area contributed by atoms with Gasteiger partial charge in [-0.15, -0.1) is 0 Å². The first-order valence-electron chi connectivity index (χ1n) is 6.54. The molecular weight excluding hydrogens is 279 g/mol. The van der Waals surface area contributed by atoms with Crippen molar-refractivity contribution in [3.63, 3.8) is 0 Å². The van der Waals surface area contributed by atoms with Crippen LogP contribution in [0.5, 0.6) is 0 Å². The Balaban J connectivity index is 2.45. The Hall–Kier alpha value is -0.980. The molecule has 0 saturated heterocycles. The Labute approximate surface area is 120 Å². The number of hydrogen-bond donors (Lipinski definition) is 2. The number of halogens is 1. The van der Waals surface area contributed by atoms with Gasteiger partial charge in [-0.05, 0) is 37.5 Å². The molecule has 114 valence electrons. The van der Waals surface area contributed by atoms with Gasteiger partial charge in [0.2, 0.25) is 10.0 Å². The summed E-state index contributed by atoms with van der Waals surface area (Å²) < 4.78 is 37.9. The number of benzene rings is 1. The van der Waals surface area contributed by atoms with Crippen LogP contribution in [0.1, 0.15) is 32.3 Å². The fourth-order valence-electron chi connectivity index (χ4n) is 2.05. The molecule has 0 unspecified atom stereocenters. The second kappa shape index (κ2) is 6.65. The van der Waals surface area contributed by atoms with Crippen LogP contribution in [0, 0.1) is 5.82 Å². The van der Waals surface area contributed by atoms with Crippen LogP contribution in [0.3, 0.4) is 0 Å². The lowest BCUT2D eigenvalue weighted by Crippen LogP contribution is -2.50. The summed E-state index contributed by atoms with van der Waals surface area (Å²) in [4.78, 5) is 0. The second-order valence-electron chi connectivity index (χ2n) is 5.84. The topological polar surface area (TPSA) is 58.2 Å². The quantitative estimate of drug-likeness (QED) is 0.808. The van der Waals surface area contributed by atoms with Crippen molar-refractivity contribution >= 4 is 10.0 Å². The number of nitrogens with one attached hydrogen (secondary N) is 2. The van der Waals surface area contributed by atoms with Crippen LogP contribution in [0.2, 0.25) is 0 Å². The summed E-state index contributed by atoms with van der Waals surface area (Å²) >= 11 is 0. The Bertz CT molecular complexity index is 527. The minimum absolute atomic E-state index is 0.227. The normalized spacial score (nSPS) is 14.2. The molecule has 1 aromatic carbocycles. The van der Waals surface area contributed by atoms with Gasteiger partial charge in [-0.2, -0.15) is 0 Å². The molecule has 0 amide bonds. The Morgan fingerprint density at radius 2 is 1.80 bits per heavy atom. The predicted molar refractivity (Wildman–Crippen MR) is 79.7 cm³/mol. The Kier molecular flexibility index (Phi) is 5.68. The third-order valence-electron chi connectivity index (χ3n) is 2.92. The molecule has 0 spiro atoms. The maximum Gasteiger partial charge on any atom is 0.209 e. The van der Waals surface area contributed by atoms with Gasteiger partial charge in [0.15, 0.2) is 0 Å². The zero-order valence-corrected chi connectivity index (χ0v) is 13.2. The maximum atomic E-state index is 12.8. The molecule has 0 saturated carbocycles. The summed E-state index contributed by atoms with van der Waals surface area (Å²) in [5.74, 6) is -0.0166. The molecule has 2 N–H and O–H groups in total. The highest BCUT2D eigenvalue weighted by Gasteiger charge is 2.21. The molecular formula is C14H23FN2O2S. The van der Waals surface area contributed by atoms with Gasteiger partial charge in [0, 0.05) is 18.6 Å². The minimum Gasteiger partial charge on any atom is -0.314 e. The SMILES string of the molecule is C[C@H](CNCC(C)(C)NS(C)(=O)=O)c1ccc(F)cc1. The van der Waals surface area contributed by atoms with E-state index in [4.69, 9.17) is 0 Å². The van der Waals surface area contributed by atoms with Gasteiger partial charge in [-0.25, -0.2) is 17.5 Å². The van der Waals surface area contributed by atoms with Crippen molar-refractivity contribution < 1.29 is 12.8 Å². The van der Waals surface area contributed by atoms with E-state index in [1.807, 2.05) is 20.8 Å². The van der Waals surface area contributed by atoms with E-state index in [9.17, 15) is 12.8 Å². The predicted octanol–water partition coefficient (Wildman–Crippen LogP) is 1.85. The first kappa shape index (κ1) is 17.1. The molecule has 0 aliphatic carbocycles. The van der Waals surface area contributed by atoms with Gasteiger partial charge in [0.1, 0.15) is 5.82 Å². The monoisotopic (exact) mass is 302 g/mol. The van der Waals surface area contributed by atoms with Crippen LogP contribution in [0.15, 0.2) is 24.3 Å². The zero-order valence-electron chi connectivity index (χ0n) is 12.4. The first-order chi connectivity index (χ1) is 9.09. The number of hydrogen-bond acceptors (Lipinski definition) is 3. The van der Waals surface area contributed by atoms with E-state index >= 15 is 0 Å². The lowest BCUT2D eigenvalue weighted by Gasteiger charge is -2.26. The van der Waals surface area contributed by atoms with E-state index in [-0.39, 0.29) is 11.7 Å². The Morgan fingerprint density at radius 1 is 1.25 bits per heavy atom. The van der Waals surface area contributed by atoms with Crippen molar-refractivity contribution in [1.29, 1.82) is 0 Å². The van der Waals surface area contributed by atoms with Crippen molar-refractivity contribution in [3.8, 4) is 0 Å². The molecule has 0 radical (unpaired) electrons. The van der Waals surface area contributed by atoms with Crippen molar-refractivity contribution in [3.05, 3.63) is 35.6 Å². The van der Waals surface area contributed by atoms with E-state index < -0.39 is 15.6 Å². The third-order valence-corrected chi connectivity index (χ3v) is 3.84. The maximum absolute atomic E-state index is 12.8. The fourth-order valence-corrected chi connectivity index (χ4v) is 3.12. The van der Waals surface area contributed by atoms with Crippen molar-refractivity contribution in [1.82, 2.24) is 10.0 Å². The molecule has 4 nitrogen and oxygen atoms in total. The summed E-state index contributed by atoms with van der Waals surface area (Å²) in [7, 11) is -3.22. The van der Waals surface area contributed by atoms with E-state index in [1.54, 1.807) is 12.1 Å². The summed E-state index contributed by atoms with van der Waals surface area (Å²) in [6.45, 7) is 6.90. The lowest BCUT2D eigenvalue weighted by molar-refractivity contribution is 0.416. The fraction of sp³-hybridized carbons (Fsp3) is 0.571. The third kappa shape index (κ3) is 6.45. The number of rotatable bonds is 7. The minimum atomic E-state index is -3.22. The van der Waals surface area contributed by atoms with Crippen LogP contribution < -0.4 is 10.0 Å². The van der Waals surface area contributed by atoms with Gasteiger partial charge < -0.3 is 5.32 Å². The first-order valence-corrected chi connectivity index (χ1v) is 8.43. The standard InChI is InChI=1S/C14H23FN2O2S/c1-11(12-5-7-13(15)8-6-12)9-16-10-14(2,3)17-20(4,18)19/h5-8,11,16-17H,9-10H2,1-4H3/t11-/m1/s1. The van der Waals surface area contributed by atoms with Gasteiger partial charge in [-0.1, -0.05) is 19.1 Å². The number of sulfonamides is 1. The van der Waals surface area contributed by atoms with Crippen LogP contribution in [0.4, 0.5) is 4.39 Å². The molecule has 0 aliphatic rings. The highest BCUT2D eigenvalue weighted by atomic mass is 32.2. The van der Waals surface area contributed by atoms with Crippen LogP contribution in [-0.4, -0.2) is 33.3 Å². The molecule has 1 atom stereocenters. The van der Waals surface area contributed by atoms with E-state index in [0.29, 0.717) is 13.1 Å². The molecule has 1 rings (SSSR count). The molecule has 0 fully saturated rings. The largest absolute Gasteiger partial charge is 0.314 e. The second-order valence-corrected chi connectivity index (χ2v) is 7.59. The highest BCUT2D eigenvalue weighted by molar-refractivity contribution is 7.88. The molecule has 0 aliphatic heterocycles. The van der Waals surface area contributed by atoms with Gasteiger partial charge in [0.05, 0.1) is 6.26 Å². The Morgan fingerprint density at radius 3 is 2.30 bits per heavy atom. The summed E-state index contributed by atoms with van der Waals surface area (Å²) in [5, 5.41) is 3.24. The average Bonchev–Trinajstić information content (AvgIpc) is 2.26. The smallest absolute Gasteiger partial charge is 0.209 e. The summed E-state index contributed by atoms with van der Waals surface area (Å²) in [6, 6.07) is 6.42. The zero-order chi connectivity index (χ0) is 15.4. The van der Waals surface area contributed by atoms with E-state index in [0.717, 1.165) is 11.8 Å². The molecule has 0 aromatic heterocycles. The van der Waals surface area contributed by atoms with Crippen LogP contribution in [-0.2, 0) is 10.0 Å². The van der Waals surface area contributed by atoms with Gasteiger partial charge in [0.25, 0.3) is 0 Å². The molecule has 0 heterocycles. The lowest BCUT2D eigenvalue weighted by atomic mass is 10.0. The van der Waals surface area contributed by atoms with Crippen LogP contribution >= 0.6 is 0 Å². The van der Waals surface area contributed by atoms with Crippen molar-refractivity contribution in [2.45, 2.75) is 32.2 Å². The van der Waals surface area contributed by atoms with Crippen LogP contribution in [0.25, 0.3) is 0 Å². The van der Waals surface area contributed by atoms with Crippen molar-refractivity contribution in [2.24, 2.45) is 0 Å². The summed E-state index contributed by atoms with van der Waals surface area (Å²) in [6.07, 6.45) is 1.15. The van der Waals surface area contributed by atoms with E-state index in [1.165, 1.54) is 12.1 Å². The molecule has 0 bridgehead atoms. The van der Waals surface area contributed by atoms with E-state index in [2.05, 4.69) is 10.0 Å². The molecule has 6 heteroatoms. The summed E-state index contributed by atoms with van der Waals surface area (Å²) in [5.41, 5.74) is 0.503. The van der Waals surface area contributed by atoms with Gasteiger partial charge in [-0.3, -0.25) is 0 Å². The molecule has 1 aromatic rings. The van der Waals surface area contributed by atoms with Gasteiger partial charge >= 0.3 is 0 Å². The van der Waals surface area contributed by atoms with Crippen molar-refractivity contribution in [2.75, 3.05) is 19.3 Å². The molecule has 20 heavy (non-hydrogen) atoms. The average molecular weight is 302 g/mol. The highest BCUT2D eigenvalue weighted by Crippen LogP contribution is 2.14.